The number of carbonyl (C=O) groups excluding carboxylic acids is 1. The number of rotatable bonds is 4. The molecule has 1 aliphatic heterocycles. The van der Waals surface area contributed by atoms with Gasteiger partial charge in [0.25, 0.3) is 5.91 Å². The molecule has 0 bridgehead atoms. The maximum Gasteiger partial charge on any atom is 0.416 e. The van der Waals surface area contributed by atoms with Gasteiger partial charge in [0.2, 0.25) is 10.0 Å². The van der Waals surface area contributed by atoms with Crippen LogP contribution >= 0.6 is 0 Å². The van der Waals surface area contributed by atoms with Crippen molar-refractivity contribution in [2.45, 2.75) is 37.8 Å². The van der Waals surface area contributed by atoms with E-state index >= 15 is 0 Å². The summed E-state index contributed by atoms with van der Waals surface area (Å²) in [6, 6.07) is 3.65. The molecule has 1 aromatic carbocycles. The van der Waals surface area contributed by atoms with E-state index in [2.05, 4.69) is 5.16 Å². The second-order valence-electron chi connectivity index (χ2n) is 7.38. The molecule has 164 valence electrons. The molecule has 0 atom stereocenters. The summed E-state index contributed by atoms with van der Waals surface area (Å²) in [5.74, 6) is 0.123. The van der Waals surface area contributed by atoms with E-state index in [1.54, 1.807) is 6.92 Å². The van der Waals surface area contributed by atoms with Crippen LogP contribution in [0.1, 0.15) is 47.1 Å². The number of alkyl halides is 3. The standard InChI is InChI=1S/C19H22F3N3O4S/c1-12(2)17-16(13(3)23-29-17)18(26)24-7-9-25(10-8-24)30(27,28)15-6-4-5-14(11-15)19(20,21)22/h4-6,11-12H,7-10H2,1-3H3. The van der Waals surface area contributed by atoms with Crippen LogP contribution in [-0.4, -0.2) is 54.9 Å². The van der Waals surface area contributed by atoms with E-state index in [1.165, 1.54) is 4.90 Å². The van der Waals surface area contributed by atoms with Crippen LogP contribution in [0.25, 0.3) is 0 Å². The Labute approximate surface area is 172 Å². The van der Waals surface area contributed by atoms with Crippen molar-refractivity contribution in [1.29, 1.82) is 0 Å². The fraction of sp³-hybridized carbons (Fsp3) is 0.474. The van der Waals surface area contributed by atoms with Gasteiger partial charge in [-0.2, -0.15) is 17.5 Å². The van der Waals surface area contributed by atoms with Crippen LogP contribution in [0.4, 0.5) is 13.2 Å². The average molecular weight is 445 g/mol. The van der Waals surface area contributed by atoms with Gasteiger partial charge >= 0.3 is 6.18 Å². The van der Waals surface area contributed by atoms with E-state index in [4.69, 9.17) is 4.52 Å². The minimum Gasteiger partial charge on any atom is -0.360 e. The first-order chi connectivity index (χ1) is 13.9. The smallest absolute Gasteiger partial charge is 0.360 e. The highest BCUT2D eigenvalue weighted by atomic mass is 32.2. The van der Waals surface area contributed by atoms with E-state index in [0.717, 1.165) is 22.5 Å². The van der Waals surface area contributed by atoms with Crippen LogP contribution in [0.5, 0.6) is 0 Å². The Morgan fingerprint density at radius 1 is 1.17 bits per heavy atom. The number of hydrogen-bond donors (Lipinski definition) is 0. The van der Waals surface area contributed by atoms with Crippen molar-refractivity contribution in [1.82, 2.24) is 14.4 Å². The van der Waals surface area contributed by atoms with Crippen molar-refractivity contribution in [3.05, 3.63) is 46.8 Å². The van der Waals surface area contributed by atoms with Gasteiger partial charge in [-0.05, 0) is 25.1 Å². The number of amides is 1. The molecule has 1 amide bonds. The molecule has 0 radical (unpaired) electrons. The van der Waals surface area contributed by atoms with Crippen molar-refractivity contribution < 1.29 is 30.9 Å². The zero-order chi connectivity index (χ0) is 22.3. The predicted molar refractivity (Wildman–Crippen MR) is 101 cm³/mol. The lowest BCUT2D eigenvalue weighted by Gasteiger charge is -2.34. The maximum absolute atomic E-state index is 12.9. The number of aryl methyl sites for hydroxylation is 1. The molecule has 0 N–H and O–H groups in total. The van der Waals surface area contributed by atoms with Gasteiger partial charge in [-0.15, -0.1) is 0 Å². The third-order valence-electron chi connectivity index (χ3n) is 4.95. The van der Waals surface area contributed by atoms with E-state index in [1.807, 2.05) is 13.8 Å². The number of nitrogens with zero attached hydrogens (tertiary/aromatic N) is 3. The Balaban J connectivity index is 1.76. The molecule has 1 aromatic heterocycles. The predicted octanol–water partition coefficient (Wildman–Crippen LogP) is 3.27. The number of benzene rings is 1. The Morgan fingerprint density at radius 3 is 2.37 bits per heavy atom. The third kappa shape index (κ3) is 4.22. The number of carbonyl (C=O) groups is 1. The van der Waals surface area contributed by atoms with E-state index in [-0.39, 0.29) is 38.0 Å². The summed E-state index contributed by atoms with van der Waals surface area (Å²) in [4.78, 5) is 14.0. The van der Waals surface area contributed by atoms with Gasteiger partial charge in [0.05, 0.1) is 16.2 Å². The van der Waals surface area contributed by atoms with Crippen LogP contribution in [-0.2, 0) is 16.2 Å². The van der Waals surface area contributed by atoms with Crippen molar-refractivity contribution in [2.24, 2.45) is 0 Å². The average Bonchev–Trinajstić information content (AvgIpc) is 3.08. The lowest BCUT2D eigenvalue weighted by atomic mass is 10.0. The highest BCUT2D eigenvalue weighted by molar-refractivity contribution is 7.89. The van der Waals surface area contributed by atoms with E-state index in [9.17, 15) is 26.4 Å². The zero-order valence-electron chi connectivity index (χ0n) is 16.7. The molecule has 3 rings (SSSR count). The number of halogens is 3. The fourth-order valence-corrected chi connectivity index (χ4v) is 4.78. The van der Waals surface area contributed by atoms with Gasteiger partial charge in [-0.25, -0.2) is 8.42 Å². The first-order valence-corrected chi connectivity index (χ1v) is 10.8. The van der Waals surface area contributed by atoms with Gasteiger partial charge in [0.1, 0.15) is 5.56 Å². The fourth-order valence-electron chi connectivity index (χ4n) is 3.31. The summed E-state index contributed by atoms with van der Waals surface area (Å²) < 4.78 is 70.7. The first-order valence-electron chi connectivity index (χ1n) is 9.35. The van der Waals surface area contributed by atoms with E-state index in [0.29, 0.717) is 23.1 Å². The second kappa shape index (κ2) is 8.03. The van der Waals surface area contributed by atoms with Crippen molar-refractivity contribution in [2.75, 3.05) is 26.2 Å². The normalized spacial score (nSPS) is 16.3. The highest BCUT2D eigenvalue weighted by Crippen LogP contribution is 2.31. The van der Waals surface area contributed by atoms with Gasteiger partial charge in [-0.3, -0.25) is 4.79 Å². The third-order valence-corrected chi connectivity index (χ3v) is 6.85. The summed E-state index contributed by atoms with van der Waals surface area (Å²) in [6.45, 7) is 5.58. The number of piperazine rings is 1. The minimum atomic E-state index is -4.64. The largest absolute Gasteiger partial charge is 0.416 e. The maximum atomic E-state index is 12.9. The summed E-state index contributed by atoms with van der Waals surface area (Å²) in [5.41, 5.74) is -0.191. The quantitative estimate of drug-likeness (QED) is 0.721. The summed E-state index contributed by atoms with van der Waals surface area (Å²) >= 11 is 0. The van der Waals surface area contributed by atoms with Crippen LogP contribution in [0.3, 0.4) is 0 Å². The van der Waals surface area contributed by atoms with E-state index < -0.39 is 26.7 Å². The van der Waals surface area contributed by atoms with Gasteiger partial charge in [-0.1, -0.05) is 25.1 Å². The topological polar surface area (TPSA) is 83.7 Å². The molecule has 0 spiro atoms. The second-order valence-corrected chi connectivity index (χ2v) is 9.32. The summed E-state index contributed by atoms with van der Waals surface area (Å²) in [6.07, 6.45) is -4.64. The van der Waals surface area contributed by atoms with Gasteiger partial charge in [0, 0.05) is 32.1 Å². The number of sulfonamides is 1. The molecule has 1 saturated heterocycles. The lowest BCUT2D eigenvalue weighted by Crippen LogP contribution is -2.50. The molecule has 0 saturated carbocycles. The lowest BCUT2D eigenvalue weighted by molar-refractivity contribution is -0.137. The van der Waals surface area contributed by atoms with Crippen molar-refractivity contribution >= 4 is 15.9 Å². The molecule has 2 aromatic rings. The molecule has 0 unspecified atom stereocenters. The summed E-state index contributed by atoms with van der Waals surface area (Å²) in [5, 5.41) is 3.85. The molecule has 1 aliphatic rings. The zero-order valence-corrected chi connectivity index (χ0v) is 17.5. The van der Waals surface area contributed by atoms with Crippen molar-refractivity contribution in [3.8, 4) is 0 Å². The molecule has 30 heavy (non-hydrogen) atoms. The Kier molecular flexibility index (Phi) is 5.96. The van der Waals surface area contributed by atoms with Gasteiger partial charge in [0.15, 0.2) is 5.76 Å². The summed E-state index contributed by atoms with van der Waals surface area (Å²) in [7, 11) is -4.11. The minimum absolute atomic E-state index is 0.0222. The first kappa shape index (κ1) is 22.3. The molecule has 1 fully saturated rings. The molecule has 2 heterocycles. The van der Waals surface area contributed by atoms with Crippen LogP contribution < -0.4 is 0 Å². The Bertz CT molecular complexity index is 1040. The monoisotopic (exact) mass is 445 g/mol. The molecule has 0 aliphatic carbocycles. The molecular weight excluding hydrogens is 423 g/mol. The Morgan fingerprint density at radius 2 is 1.80 bits per heavy atom. The highest BCUT2D eigenvalue weighted by Gasteiger charge is 2.35. The van der Waals surface area contributed by atoms with Crippen LogP contribution in [0, 0.1) is 6.92 Å². The Hall–Kier alpha value is -2.40. The van der Waals surface area contributed by atoms with Crippen LogP contribution in [0.2, 0.25) is 0 Å². The molecular formula is C19H22F3N3O4S. The van der Waals surface area contributed by atoms with Gasteiger partial charge < -0.3 is 9.42 Å². The SMILES string of the molecule is Cc1noc(C(C)C)c1C(=O)N1CCN(S(=O)(=O)c2cccc(C(F)(F)F)c2)CC1. The molecule has 11 heteroatoms. The van der Waals surface area contributed by atoms with Crippen molar-refractivity contribution in [3.63, 3.8) is 0 Å². The number of aromatic nitrogens is 1. The van der Waals surface area contributed by atoms with Crippen LogP contribution in [0.15, 0.2) is 33.7 Å². The molecule has 7 nitrogen and oxygen atoms in total. The number of hydrogen-bond acceptors (Lipinski definition) is 5.